The lowest BCUT2D eigenvalue weighted by Gasteiger charge is -2.13. The summed E-state index contributed by atoms with van der Waals surface area (Å²) in [7, 11) is 1.55. The molecule has 3 aromatic rings. The summed E-state index contributed by atoms with van der Waals surface area (Å²) >= 11 is 0. The lowest BCUT2D eigenvalue weighted by molar-refractivity contribution is -0.123. The van der Waals surface area contributed by atoms with E-state index in [1.807, 2.05) is 6.07 Å². The van der Waals surface area contributed by atoms with Crippen LogP contribution in [-0.4, -0.2) is 42.0 Å². The average Bonchev–Trinajstić information content (AvgIpc) is 2.82. The molecule has 0 aliphatic rings. The van der Waals surface area contributed by atoms with Gasteiger partial charge in [-0.1, -0.05) is 12.1 Å². The molecule has 1 amide bonds. The largest absolute Gasteiger partial charge is 0.497 e. The molecule has 1 N–H and O–H groups in total. The standard InChI is InChI=1S/C23H22FN3O6/c1-3-32-23(30)22-19(12-21(29)27(26-22)17-9-7-16(24)8-10-17)33-14-20(28)25-13-15-5-4-6-18(11-15)31-2/h4-12H,3,13-14H2,1-2H3,(H,25,28). The summed E-state index contributed by atoms with van der Waals surface area (Å²) in [6, 6.07) is 13.2. The lowest BCUT2D eigenvalue weighted by Crippen LogP contribution is -2.30. The van der Waals surface area contributed by atoms with Gasteiger partial charge >= 0.3 is 5.97 Å². The Morgan fingerprint density at radius 1 is 1.12 bits per heavy atom. The predicted octanol–water partition coefficient (Wildman–Crippen LogP) is 2.25. The van der Waals surface area contributed by atoms with E-state index < -0.39 is 29.9 Å². The molecule has 2 aromatic carbocycles. The minimum Gasteiger partial charge on any atom is -0.497 e. The van der Waals surface area contributed by atoms with Crippen molar-refractivity contribution in [3.63, 3.8) is 0 Å². The number of benzene rings is 2. The highest BCUT2D eigenvalue weighted by atomic mass is 19.1. The molecule has 0 saturated heterocycles. The summed E-state index contributed by atoms with van der Waals surface area (Å²) < 4.78 is 29.7. The molecular weight excluding hydrogens is 433 g/mol. The summed E-state index contributed by atoms with van der Waals surface area (Å²) in [5, 5.41) is 6.69. The first kappa shape index (κ1) is 23.5. The fourth-order valence-corrected chi connectivity index (χ4v) is 2.84. The van der Waals surface area contributed by atoms with Crippen LogP contribution in [0.5, 0.6) is 11.5 Å². The number of methoxy groups -OCH3 is 1. The number of aromatic nitrogens is 2. The maximum atomic E-state index is 13.2. The van der Waals surface area contributed by atoms with Crippen LogP contribution in [-0.2, 0) is 16.1 Å². The Morgan fingerprint density at radius 3 is 2.58 bits per heavy atom. The van der Waals surface area contributed by atoms with Crippen molar-refractivity contribution < 1.29 is 28.2 Å². The molecule has 0 bridgehead atoms. The van der Waals surface area contributed by atoms with Crippen molar-refractivity contribution in [3.05, 3.63) is 82.0 Å². The normalized spacial score (nSPS) is 10.4. The zero-order valence-corrected chi connectivity index (χ0v) is 18.0. The van der Waals surface area contributed by atoms with E-state index in [1.165, 1.54) is 12.1 Å². The van der Waals surface area contributed by atoms with Crippen LogP contribution in [0.1, 0.15) is 23.0 Å². The van der Waals surface area contributed by atoms with E-state index in [-0.39, 0.29) is 30.3 Å². The number of hydrogen-bond donors (Lipinski definition) is 1. The number of hydrogen-bond acceptors (Lipinski definition) is 7. The topological polar surface area (TPSA) is 109 Å². The third-order valence-corrected chi connectivity index (χ3v) is 4.42. The van der Waals surface area contributed by atoms with Gasteiger partial charge in [-0.3, -0.25) is 9.59 Å². The maximum absolute atomic E-state index is 13.2. The molecule has 0 fully saturated rings. The average molecular weight is 455 g/mol. The van der Waals surface area contributed by atoms with Crippen molar-refractivity contribution >= 4 is 11.9 Å². The Bertz CT molecular complexity index is 1190. The first-order valence-corrected chi connectivity index (χ1v) is 10.0. The van der Waals surface area contributed by atoms with Gasteiger partial charge in [0.15, 0.2) is 12.4 Å². The van der Waals surface area contributed by atoms with Crippen molar-refractivity contribution in [2.24, 2.45) is 0 Å². The highest BCUT2D eigenvalue weighted by Crippen LogP contribution is 2.17. The van der Waals surface area contributed by atoms with Crippen molar-refractivity contribution in [1.82, 2.24) is 15.1 Å². The van der Waals surface area contributed by atoms with Gasteiger partial charge < -0.3 is 19.5 Å². The Labute approximate surface area is 188 Å². The number of ether oxygens (including phenoxy) is 3. The van der Waals surface area contributed by atoms with Gasteiger partial charge in [0.2, 0.25) is 5.69 Å². The van der Waals surface area contributed by atoms with Crippen LogP contribution < -0.4 is 20.3 Å². The molecule has 33 heavy (non-hydrogen) atoms. The molecule has 0 spiro atoms. The molecule has 172 valence electrons. The third kappa shape index (κ3) is 6.16. The van der Waals surface area contributed by atoms with Crippen LogP contribution in [0.15, 0.2) is 59.4 Å². The van der Waals surface area contributed by atoms with Crippen LogP contribution in [0.2, 0.25) is 0 Å². The first-order valence-electron chi connectivity index (χ1n) is 10.0. The van der Waals surface area contributed by atoms with Gasteiger partial charge in [-0.25, -0.2) is 9.18 Å². The predicted molar refractivity (Wildman–Crippen MR) is 116 cm³/mol. The third-order valence-electron chi connectivity index (χ3n) is 4.42. The Balaban J connectivity index is 1.76. The van der Waals surface area contributed by atoms with Crippen molar-refractivity contribution in [2.75, 3.05) is 20.3 Å². The lowest BCUT2D eigenvalue weighted by atomic mass is 10.2. The second-order valence-electron chi connectivity index (χ2n) is 6.72. The minimum absolute atomic E-state index is 0.0661. The van der Waals surface area contributed by atoms with Gasteiger partial charge in [0, 0.05) is 6.54 Å². The molecule has 3 rings (SSSR count). The minimum atomic E-state index is -0.833. The molecule has 10 heteroatoms. The van der Waals surface area contributed by atoms with Gasteiger partial charge in [-0.15, -0.1) is 0 Å². The number of nitrogens with one attached hydrogen (secondary N) is 1. The molecule has 0 radical (unpaired) electrons. The van der Waals surface area contributed by atoms with Crippen LogP contribution in [0, 0.1) is 5.82 Å². The van der Waals surface area contributed by atoms with E-state index in [4.69, 9.17) is 14.2 Å². The first-order chi connectivity index (χ1) is 15.9. The molecule has 0 atom stereocenters. The van der Waals surface area contributed by atoms with Gasteiger partial charge in [-0.05, 0) is 48.9 Å². The zero-order chi connectivity index (χ0) is 23.8. The number of rotatable bonds is 9. The van der Waals surface area contributed by atoms with Crippen LogP contribution in [0.25, 0.3) is 5.69 Å². The van der Waals surface area contributed by atoms with Crippen LogP contribution in [0.4, 0.5) is 4.39 Å². The second kappa shape index (κ2) is 10.9. The van der Waals surface area contributed by atoms with Crippen molar-refractivity contribution in [1.29, 1.82) is 0 Å². The van der Waals surface area contributed by atoms with Gasteiger partial charge in [-0.2, -0.15) is 9.78 Å². The maximum Gasteiger partial charge on any atom is 0.362 e. The fourth-order valence-electron chi connectivity index (χ4n) is 2.84. The van der Waals surface area contributed by atoms with E-state index in [0.29, 0.717) is 5.75 Å². The molecule has 1 heterocycles. The molecule has 0 unspecified atom stereocenters. The van der Waals surface area contributed by atoms with Crippen molar-refractivity contribution in [2.45, 2.75) is 13.5 Å². The van der Waals surface area contributed by atoms with Crippen LogP contribution >= 0.6 is 0 Å². The summed E-state index contributed by atoms with van der Waals surface area (Å²) in [5.41, 5.74) is 0.135. The van der Waals surface area contributed by atoms with Crippen LogP contribution in [0.3, 0.4) is 0 Å². The molecule has 9 nitrogen and oxygen atoms in total. The van der Waals surface area contributed by atoms with E-state index in [1.54, 1.807) is 32.2 Å². The number of esters is 1. The molecule has 0 saturated carbocycles. The number of amides is 1. The SMILES string of the molecule is CCOC(=O)c1nn(-c2ccc(F)cc2)c(=O)cc1OCC(=O)NCc1cccc(OC)c1. The summed E-state index contributed by atoms with van der Waals surface area (Å²) in [5.74, 6) is -1.34. The van der Waals surface area contributed by atoms with Gasteiger partial charge in [0.05, 0.1) is 25.5 Å². The zero-order valence-electron chi connectivity index (χ0n) is 18.0. The quantitative estimate of drug-likeness (QED) is 0.493. The van der Waals surface area contributed by atoms with Gasteiger partial charge in [0.25, 0.3) is 11.5 Å². The van der Waals surface area contributed by atoms with E-state index in [9.17, 15) is 18.8 Å². The number of nitrogens with zero attached hydrogens (tertiary/aromatic N) is 2. The highest BCUT2D eigenvalue weighted by molar-refractivity contribution is 5.90. The fraction of sp³-hybridized carbons (Fsp3) is 0.217. The number of halogens is 1. The molecule has 0 aliphatic heterocycles. The highest BCUT2D eigenvalue weighted by Gasteiger charge is 2.20. The van der Waals surface area contributed by atoms with Gasteiger partial charge in [0.1, 0.15) is 11.6 Å². The van der Waals surface area contributed by atoms with Crippen molar-refractivity contribution in [3.8, 4) is 17.2 Å². The van der Waals surface area contributed by atoms with E-state index in [0.717, 1.165) is 28.4 Å². The van der Waals surface area contributed by atoms with E-state index in [2.05, 4.69) is 10.4 Å². The Kier molecular flexibility index (Phi) is 7.74. The molecule has 0 aliphatic carbocycles. The summed E-state index contributed by atoms with van der Waals surface area (Å²) in [6.45, 7) is 1.45. The smallest absolute Gasteiger partial charge is 0.362 e. The number of carbonyl (C=O) groups is 2. The molecule has 1 aromatic heterocycles. The van der Waals surface area contributed by atoms with E-state index >= 15 is 0 Å². The summed E-state index contributed by atoms with van der Waals surface area (Å²) in [6.07, 6.45) is 0. The number of carbonyl (C=O) groups excluding carboxylic acids is 2. The molecular formula is C23H22FN3O6. The second-order valence-corrected chi connectivity index (χ2v) is 6.72. The Hall–Kier alpha value is -4.21. The monoisotopic (exact) mass is 455 g/mol. The summed E-state index contributed by atoms with van der Waals surface area (Å²) in [4.78, 5) is 37.1. The Morgan fingerprint density at radius 2 is 1.88 bits per heavy atom.